The Labute approximate surface area is 133 Å². The third-order valence-electron chi connectivity index (χ3n) is 4.77. The van der Waals surface area contributed by atoms with E-state index in [-0.39, 0.29) is 0 Å². The van der Waals surface area contributed by atoms with Gasteiger partial charge in [0.25, 0.3) is 0 Å². The van der Waals surface area contributed by atoms with E-state index in [0.29, 0.717) is 11.3 Å². The summed E-state index contributed by atoms with van der Waals surface area (Å²) in [6, 6.07) is 6.37. The van der Waals surface area contributed by atoms with Crippen molar-refractivity contribution in [3.05, 3.63) is 28.5 Å². The quantitative estimate of drug-likeness (QED) is 0.677. The van der Waals surface area contributed by atoms with E-state index in [4.69, 9.17) is 16.6 Å². The first-order valence-electron chi connectivity index (χ1n) is 7.38. The Morgan fingerprint density at radius 1 is 1.40 bits per heavy atom. The highest BCUT2D eigenvalue weighted by Gasteiger charge is 2.36. The van der Waals surface area contributed by atoms with Crippen LogP contribution < -0.4 is 0 Å². The minimum atomic E-state index is 0.488. The molecule has 1 saturated carbocycles. The number of aromatic nitrogens is 2. The lowest BCUT2D eigenvalue weighted by Gasteiger charge is -2.42. The zero-order chi connectivity index (χ0) is 14.2. The molecule has 2 nitrogen and oxygen atoms in total. The van der Waals surface area contributed by atoms with E-state index in [0.717, 1.165) is 28.8 Å². The van der Waals surface area contributed by atoms with E-state index >= 15 is 0 Å². The average molecular weight is 356 g/mol. The maximum Gasteiger partial charge on any atom is 0.111 e. The van der Waals surface area contributed by atoms with Crippen LogP contribution in [0.4, 0.5) is 0 Å². The van der Waals surface area contributed by atoms with Crippen molar-refractivity contribution in [3.63, 3.8) is 0 Å². The van der Waals surface area contributed by atoms with E-state index in [1.54, 1.807) is 0 Å². The van der Waals surface area contributed by atoms with Crippen molar-refractivity contribution in [2.24, 2.45) is 5.41 Å². The molecule has 3 rings (SSSR count). The van der Waals surface area contributed by atoms with Gasteiger partial charge in [-0.3, -0.25) is 0 Å². The Kier molecular flexibility index (Phi) is 4.09. The summed E-state index contributed by atoms with van der Waals surface area (Å²) in [5.41, 5.74) is 2.81. The molecule has 1 fully saturated rings. The normalized spacial score (nSPS) is 17.4. The second-order valence-electron chi connectivity index (χ2n) is 5.89. The number of fused-ring (bicyclic) bond motifs is 1. The van der Waals surface area contributed by atoms with Gasteiger partial charge in [0.2, 0.25) is 0 Å². The van der Waals surface area contributed by atoms with Crippen LogP contribution in [0.25, 0.3) is 11.0 Å². The zero-order valence-corrected chi connectivity index (χ0v) is 14.2. The van der Waals surface area contributed by atoms with Gasteiger partial charge in [-0.15, -0.1) is 11.6 Å². The Morgan fingerprint density at radius 3 is 2.80 bits per heavy atom. The van der Waals surface area contributed by atoms with Crippen molar-refractivity contribution < 1.29 is 0 Å². The highest BCUT2D eigenvalue weighted by molar-refractivity contribution is 9.10. The van der Waals surface area contributed by atoms with Gasteiger partial charge >= 0.3 is 0 Å². The molecule has 2 aromatic rings. The Hall–Kier alpha value is -0.540. The van der Waals surface area contributed by atoms with Gasteiger partial charge in [0, 0.05) is 23.3 Å². The Bertz CT molecular complexity index is 611. The fourth-order valence-electron chi connectivity index (χ4n) is 3.24. The first-order valence-corrected chi connectivity index (χ1v) is 8.71. The van der Waals surface area contributed by atoms with Crippen LogP contribution in [0, 0.1) is 5.41 Å². The molecule has 0 spiro atoms. The lowest BCUT2D eigenvalue weighted by molar-refractivity contribution is 0.101. The van der Waals surface area contributed by atoms with E-state index in [9.17, 15) is 0 Å². The minimum absolute atomic E-state index is 0.488. The fourth-order valence-corrected chi connectivity index (χ4v) is 3.76. The molecule has 1 aliphatic rings. The van der Waals surface area contributed by atoms with Crippen LogP contribution in [-0.4, -0.2) is 15.4 Å². The van der Waals surface area contributed by atoms with Gasteiger partial charge in [-0.05, 0) is 42.9 Å². The molecule has 0 aliphatic heterocycles. The Morgan fingerprint density at radius 2 is 2.20 bits per heavy atom. The number of rotatable bonds is 5. The number of benzene rings is 1. The van der Waals surface area contributed by atoms with Gasteiger partial charge in [0.05, 0.1) is 11.0 Å². The van der Waals surface area contributed by atoms with Crippen molar-refractivity contribution in [2.45, 2.75) is 45.6 Å². The number of halogens is 2. The summed E-state index contributed by atoms with van der Waals surface area (Å²) >= 11 is 9.49. The van der Waals surface area contributed by atoms with E-state index in [1.807, 2.05) is 0 Å². The first-order chi connectivity index (χ1) is 9.67. The second-order valence-corrected chi connectivity index (χ2v) is 7.19. The lowest BCUT2D eigenvalue weighted by Crippen LogP contribution is -2.34. The fraction of sp³-hybridized carbons (Fsp3) is 0.562. The molecular formula is C16H20BrClN2. The van der Waals surface area contributed by atoms with Crippen LogP contribution in [0.1, 0.15) is 38.4 Å². The largest absolute Gasteiger partial charge is 0.327 e. The van der Waals surface area contributed by atoms with Gasteiger partial charge in [-0.25, -0.2) is 4.98 Å². The summed E-state index contributed by atoms with van der Waals surface area (Å²) in [6.45, 7) is 3.41. The third kappa shape index (κ3) is 2.50. The van der Waals surface area contributed by atoms with Gasteiger partial charge in [0.1, 0.15) is 5.82 Å². The lowest BCUT2D eigenvalue weighted by atomic mass is 9.67. The van der Waals surface area contributed by atoms with E-state index < -0.39 is 0 Å². The molecule has 0 saturated heterocycles. The smallest absolute Gasteiger partial charge is 0.111 e. The van der Waals surface area contributed by atoms with Crippen molar-refractivity contribution in [1.29, 1.82) is 0 Å². The molecule has 0 bridgehead atoms. The monoisotopic (exact) mass is 354 g/mol. The summed E-state index contributed by atoms with van der Waals surface area (Å²) in [4.78, 5) is 4.79. The van der Waals surface area contributed by atoms with Gasteiger partial charge < -0.3 is 4.57 Å². The Balaban J connectivity index is 2.04. The van der Waals surface area contributed by atoms with Crippen LogP contribution in [0.5, 0.6) is 0 Å². The highest BCUT2D eigenvalue weighted by Crippen LogP contribution is 2.45. The SMILES string of the molecule is CCC1(Cn2c(CCCl)nc3cc(Br)ccc32)CCC1. The molecule has 0 N–H and O–H groups in total. The molecule has 0 amide bonds. The third-order valence-corrected chi connectivity index (χ3v) is 5.45. The number of hydrogen-bond acceptors (Lipinski definition) is 1. The maximum atomic E-state index is 5.96. The molecule has 4 heteroatoms. The molecule has 1 aromatic carbocycles. The molecule has 1 heterocycles. The van der Waals surface area contributed by atoms with Crippen LogP contribution in [0.2, 0.25) is 0 Å². The summed E-state index contributed by atoms with van der Waals surface area (Å²) in [5, 5.41) is 0. The van der Waals surface area contributed by atoms with Crippen LogP contribution >= 0.6 is 27.5 Å². The predicted octanol–water partition coefficient (Wildman–Crippen LogP) is 5.16. The maximum absolute atomic E-state index is 5.96. The van der Waals surface area contributed by atoms with E-state index in [2.05, 4.69) is 45.6 Å². The zero-order valence-electron chi connectivity index (χ0n) is 11.8. The van der Waals surface area contributed by atoms with E-state index in [1.165, 1.54) is 31.2 Å². The van der Waals surface area contributed by atoms with Gasteiger partial charge in [-0.2, -0.15) is 0 Å². The highest BCUT2D eigenvalue weighted by atomic mass is 79.9. The summed E-state index contributed by atoms with van der Waals surface area (Å²) in [5.74, 6) is 1.76. The van der Waals surface area contributed by atoms with Crippen molar-refractivity contribution in [1.82, 2.24) is 9.55 Å². The first kappa shape index (κ1) is 14.4. The van der Waals surface area contributed by atoms with Crippen molar-refractivity contribution in [3.8, 4) is 0 Å². The second kappa shape index (κ2) is 5.69. The standard InChI is InChI=1S/C16H20BrClN2/c1-2-16(7-3-8-16)11-20-14-5-4-12(17)10-13(14)19-15(20)6-9-18/h4-5,10H,2-3,6-9,11H2,1H3. The van der Waals surface area contributed by atoms with Crippen LogP contribution in [-0.2, 0) is 13.0 Å². The van der Waals surface area contributed by atoms with Crippen molar-refractivity contribution >= 4 is 38.6 Å². The topological polar surface area (TPSA) is 17.8 Å². The molecule has 20 heavy (non-hydrogen) atoms. The molecule has 0 radical (unpaired) electrons. The van der Waals surface area contributed by atoms with Crippen LogP contribution in [0.3, 0.4) is 0 Å². The molecule has 0 unspecified atom stereocenters. The predicted molar refractivity (Wildman–Crippen MR) is 88.4 cm³/mol. The minimum Gasteiger partial charge on any atom is -0.327 e. The summed E-state index contributed by atoms with van der Waals surface area (Å²) in [7, 11) is 0. The van der Waals surface area contributed by atoms with Gasteiger partial charge in [-0.1, -0.05) is 29.3 Å². The number of imidazole rings is 1. The molecule has 1 aromatic heterocycles. The summed E-state index contributed by atoms with van der Waals surface area (Å²) in [6.07, 6.45) is 6.16. The number of aryl methyl sites for hydroxylation is 1. The van der Waals surface area contributed by atoms with Gasteiger partial charge in [0.15, 0.2) is 0 Å². The number of nitrogens with zero attached hydrogens (tertiary/aromatic N) is 2. The molecule has 108 valence electrons. The molecule has 1 aliphatic carbocycles. The molecule has 0 atom stereocenters. The number of alkyl halides is 1. The van der Waals surface area contributed by atoms with Crippen molar-refractivity contribution in [2.75, 3.05) is 5.88 Å². The van der Waals surface area contributed by atoms with Crippen LogP contribution in [0.15, 0.2) is 22.7 Å². The average Bonchev–Trinajstić information content (AvgIpc) is 2.71. The number of hydrogen-bond donors (Lipinski definition) is 0. The molecular weight excluding hydrogens is 336 g/mol. The summed E-state index contributed by atoms with van der Waals surface area (Å²) < 4.78 is 3.49.